The third-order valence-corrected chi connectivity index (χ3v) is 0.893. The van der Waals surface area contributed by atoms with Gasteiger partial charge in [0.1, 0.15) is 5.75 Å². The van der Waals surface area contributed by atoms with Crippen molar-refractivity contribution in [3.05, 3.63) is 29.2 Å². The molecule has 0 bridgehead atoms. The van der Waals surface area contributed by atoms with E-state index in [-0.39, 0.29) is 5.75 Å². The lowest BCUT2D eigenvalue weighted by Crippen LogP contribution is -1.80. The Balaban J connectivity index is 0.000000292. The molecule has 0 aromatic heterocycles. The Morgan fingerprint density at radius 2 is 1.64 bits per heavy atom. The van der Waals surface area contributed by atoms with Crippen molar-refractivity contribution in [2.45, 2.75) is 0 Å². The summed E-state index contributed by atoms with van der Waals surface area (Å²) >= 11 is 0. The second-order valence-corrected chi connectivity index (χ2v) is 1.67. The van der Waals surface area contributed by atoms with E-state index in [2.05, 4.69) is 0 Å². The first-order valence-electron chi connectivity index (χ1n) is 2.72. The maximum absolute atomic E-state index is 8.70. The van der Waals surface area contributed by atoms with Gasteiger partial charge in [0.15, 0.2) is 5.34 Å². The molecule has 0 fully saturated rings. The van der Waals surface area contributed by atoms with Gasteiger partial charge >= 0.3 is 0 Å². The molecule has 0 unspecified atom stereocenters. The van der Waals surface area contributed by atoms with Gasteiger partial charge in [-0.1, -0.05) is 0 Å². The number of benzene rings is 1. The summed E-state index contributed by atoms with van der Waals surface area (Å²) in [6.45, 7) is 0. The quantitative estimate of drug-likeness (QED) is 0.227. The van der Waals surface area contributed by atoms with Gasteiger partial charge in [-0.2, -0.15) is 0 Å². The molecule has 0 aliphatic carbocycles. The first kappa shape index (κ1) is 9.22. The standard InChI is InChI=1S/C6H7NO.HNO2/c7-5-1-3-6(8)4-2-5;2-1-3/h1-4,8H,7H2;(H,2,3). The number of phenols is 1. The highest BCUT2D eigenvalue weighted by molar-refractivity contribution is 5.40. The van der Waals surface area contributed by atoms with E-state index in [0.717, 1.165) is 0 Å². The number of phenolic OH excluding ortho intramolecular Hbond substituents is 1. The minimum atomic E-state index is 0.249. The first-order chi connectivity index (χ1) is 5.20. The SMILES string of the molecule is Nc1ccc(O)cc1.O=NO. The zero-order valence-electron chi connectivity index (χ0n) is 5.64. The van der Waals surface area contributed by atoms with Gasteiger partial charge in [-0.05, 0) is 24.3 Å². The molecule has 5 heteroatoms. The molecule has 0 aliphatic rings. The van der Waals surface area contributed by atoms with Gasteiger partial charge in [-0.25, -0.2) is 0 Å². The fourth-order valence-electron chi connectivity index (χ4n) is 0.474. The predicted molar refractivity (Wildman–Crippen MR) is 40.1 cm³/mol. The van der Waals surface area contributed by atoms with Crippen LogP contribution in [0.4, 0.5) is 5.69 Å². The molecule has 11 heavy (non-hydrogen) atoms. The van der Waals surface area contributed by atoms with Gasteiger partial charge < -0.3 is 16.0 Å². The molecule has 60 valence electrons. The van der Waals surface area contributed by atoms with Gasteiger partial charge in [0.25, 0.3) is 0 Å². The number of hydrogen-bond acceptors (Lipinski definition) is 4. The second kappa shape index (κ2) is 5.04. The summed E-state index contributed by atoms with van der Waals surface area (Å²) in [4.78, 5) is 8.11. The van der Waals surface area contributed by atoms with Crippen LogP contribution in [-0.4, -0.2) is 10.3 Å². The molecule has 1 rings (SSSR count). The monoisotopic (exact) mass is 156 g/mol. The van der Waals surface area contributed by atoms with Crippen molar-refractivity contribution in [1.82, 2.24) is 0 Å². The zero-order chi connectivity index (χ0) is 8.69. The number of nitrogens with two attached hydrogens (primary N) is 1. The number of anilines is 1. The van der Waals surface area contributed by atoms with Crippen molar-refractivity contribution in [3.8, 4) is 5.75 Å². The molecule has 5 nitrogen and oxygen atoms in total. The summed E-state index contributed by atoms with van der Waals surface area (Å²) in [5.74, 6) is 0.249. The average molecular weight is 156 g/mol. The molecule has 1 aromatic rings. The van der Waals surface area contributed by atoms with Crippen LogP contribution < -0.4 is 5.73 Å². The Hall–Kier alpha value is -1.78. The van der Waals surface area contributed by atoms with Gasteiger partial charge in [0.05, 0.1) is 0 Å². The van der Waals surface area contributed by atoms with Crippen LogP contribution in [0.25, 0.3) is 0 Å². The minimum absolute atomic E-state index is 0.249. The molecule has 0 amide bonds. The molecule has 4 N–H and O–H groups in total. The summed E-state index contributed by atoms with van der Waals surface area (Å²) in [5.41, 5.74) is 5.98. The Bertz CT molecular complexity index is 189. The van der Waals surface area contributed by atoms with E-state index >= 15 is 0 Å². The molecule has 0 radical (unpaired) electrons. The van der Waals surface area contributed by atoms with Gasteiger partial charge in [0, 0.05) is 5.69 Å². The van der Waals surface area contributed by atoms with E-state index in [9.17, 15) is 0 Å². The maximum atomic E-state index is 8.70. The highest BCUT2D eigenvalue weighted by Crippen LogP contribution is 2.09. The Morgan fingerprint density at radius 1 is 1.27 bits per heavy atom. The van der Waals surface area contributed by atoms with Crippen molar-refractivity contribution in [1.29, 1.82) is 0 Å². The Morgan fingerprint density at radius 3 is 1.91 bits per heavy atom. The number of aromatic hydroxyl groups is 1. The predicted octanol–water partition coefficient (Wildman–Crippen LogP) is 1.12. The number of nitrogen functional groups attached to an aromatic ring is 1. The molecule has 0 heterocycles. The maximum Gasteiger partial charge on any atom is 0.152 e. The van der Waals surface area contributed by atoms with Gasteiger partial charge in [-0.3, -0.25) is 0 Å². The normalized spacial score (nSPS) is 7.64. The van der Waals surface area contributed by atoms with Crippen LogP contribution in [0.3, 0.4) is 0 Å². The number of hydrogen-bond donors (Lipinski definition) is 3. The molecule has 0 aliphatic heterocycles. The van der Waals surface area contributed by atoms with Gasteiger partial charge in [0.2, 0.25) is 0 Å². The van der Waals surface area contributed by atoms with Crippen LogP contribution in [0.15, 0.2) is 29.6 Å². The summed E-state index contributed by atoms with van der Waals surface area (Å²) in [6, 6.07) is 6.40. The van der Waals surface area contributed by atoms with Crippen LogP contribution in [0.1, 0.15) is 0 Å². The van der Waals surface area contributed by atoms with E-state index in [0.29, 0.717) is 5.69 Å². The second-order valence-electron chi connectivity index (χ2n) is 1.67. The first-order valence-corrected chi connectivity index (χ1v) is 2.72. The zero-order valence-corrected chi connectivity index (χ0v) is 5.64. The molecule has 0 saturated carbocycles. The minimum Gasteiger partial charge on any atom is -0.508 e. The summed E-state index contributed by atoms with van der Waals surface area (Å²) in [6.07, 6.45) is 0. The molecule has 1 aromatic carbocycles. The fourth-order valence-corrected chi connectivity index (χ4v) is 0.474. The van der Waals surface area contributed by atoms with E-state index < -0.39 is 0 Å². The highest BCUT2D eigenvalue weighted by Gasteiger charge is 1.82. The molecule has 0 atom stereocenters. The summed E-state index contributed by atoms with van der Waals surface area (Å²) < 4.78 is 0. The van der Waals surface area contributed by atoms with Crippen LogP contribution in [0, 0.1) is 4.91 Å². The number of nitrogens with zero attached hydrogens (tertiary/aromatic N) is 1. The van der Waals surface area contributed by atoms with Crippen LogP contribution >= 0.6 is 0 Å². The van der Waals surface area contributed by atoms with Crippen molar-refractivity contribution in [3.63, 3.8) is 0 Å². The lowest BCUT2D eigenvalue weighted by molar-refractivity contribution is 0.312. The van der Waals surface area contributed by atoms with E-state index in [1.165, 1.54) is 5.34 Å². The summed E-state index contributed by atoms with van der Waals surface area (Å²) in [7, 11) is 0. The Kier molecular flexibility index (Phi) is 4.22. The lowest BCUT2D eigenvalue weighted by atomic mass is 10.3. The van der Waals surface area contributed by atoms with Gasteiger partial charge in [-0.15, -0.1) is 4.91 Å². The topological polar surface area (TPSA) is 95.9 Å². The molecular formula is C6H8N2O3. The molecular weight excluding hydrogens is 148 g/mol. The van der Waals surface area contributed by atoms with Crippen LogP contribution in [0.2, 0.25) is 0 Å². The molecule has 0 saturated heterocycles. The summed E-state index contributed by atoms with van der Waals surface area (Å²) in [5, 5.41) is 16.6. The van der Waals surface area contributed by atoms with E-state index in [1.54, 1.807) is 24.3 Å². The van der Waals surface area contributed by atoms with Crippen molar-refractivity contribution in [2.24, 2.45) is 5.34 Å². The highest BCUT2D eigenvalue weighted by atomic mass is 16.6. The van der Waals surface area contributed by atoms with E-state index in [1.807, 2.05) is 0 Å². The lowest BCUT2D eigenvalue weighted by Gasteiger charge is -1.89. The third-order valence-electron chi connectivity index (χ3n) is 0.893. The average Bonchev–Trinajstić information content (AvgIpc) is 1.97. The number of rotatable bonds is 0. The largest absolute Gasteiger partial charge is 0.508 e. The third kappa shape index (κ3) is 4.71. The molecule has 0 spiro atoms. The van der Waals surface area contributed by atoms with Crippen LogP contribution in [-0.2, 0) is 0 Å². The van der Waals surface area contributed by atoms with Crippen molar-refractivity contribution >= 4 is 5.69 Å². The van der Waals surface area contributed by atoms with Crippen molar-refractivity contribution in [2.75, 3.05) is 5.73 Å². The van der Waals surface area contributed by atoms with Crippen LogP contribution in [0.5, 0.6) is 5.75 Å². The fraction of sp³-hybridized carbons (Fsp3) is 0. The van der Waals surface area contributed by atoms with Crippen molar-refractivity contribution < 1.29 is 10.3 Å². The Labute approximate surface area is 63.0 Å². The smallest absolute Gasteiger partial charge is 0.152 e. The van der Waals surface area contributed by atoms with E-state index in [4.69, 9.17) is 21.0 Å².